The molecule has 0 unspecified atom stereocenters. The molecule has 0 amide bonds. The molecule has 0 radical (unpaired) electrons. The Morgan fingerprint density at radius 2 is 1.02 bits per heavy atom. The van der Waals surface area contributed by atoms with Gasteiger partial charge in [-0.3, -0.25) is 14.1 Å². The summed E-state index contributed by atoms with van der Waals surface area (Å²) in [6, 6.07) is 0. The van der Waals surface area contributed by atoms with E-state index in [0.29, 0.717) is 19.3 Å². The highest BCUT2D eigenvalue weighted by Crippen LogP contribution is 2.36. The molecule has 0 rings (SSSR count). The standard InChI is InChI=1S/C41H73O9P/c1-3-4-5-6-7-8-9-10-12-16-19-22-25-28-31-34-40(43)48-36-39(37-49-51(45,46)47)50-41(44)35-32-29-26-23-20-17-14-11-13-15-18-21-24-27-30-33-38(2)42/h13-15,17,21,23-24,26,38-39,42H,3-12,16,18-20,22,25,27-37H2,1-2H3,(H2,45,46,47)/b15-13-,17-14-,24-21-,26-23-/t38-,39+/m0/s1. The Balaban J connectivity index is 4.04. The van der Waals surface area contributed by atoms with E-state index in [2.05, 4.69) is 47.9 Å². The molecule has 0 fully saturated rings. The largest absolute Gasteiger partial charge is 0.469 e. The van der Waals surface area contributed by atoms with E-state index in [0.717, 1.165) is 51.4 Å². The molecule has 0 saturated carbocycles. The van der Waals surface area contributed by atoms with Gasteiger partial charge in [-0.1, -0.05) is 145 Å². The number of allylic oxidation sites excluding steroid dienone is 8. The van der Waals surface area contributed by atoms with Crippen LogP contribution >= 0.6 is 7.82 Å². The van der Waals surface area contributed by atoms with Crippen molar-refractivity contribution in [3.8, 4) is 0 Å². The second-order valence-corrected chi connectivity index (χ2v) is 14.8. The molecule has 0 spiro atoms. The highest BCUT2D eigenvalue weighted by molar-refractivity contribution is 7.46. The van der Waals surface area contributed by atoms with Crippen LogP contribution in [0.1, 0.15) is 174 Å². The van der Waals surface area contributed by atoms with Gasteiger partial charge in [0.1, 0.15) is 6.61 Å². The van der Waals surface area contributed by atoms with E-state index in [1.165, 1.54) is 77.0 Å². The van der Waals surface area contributed by atoms with E-state index in [1.807, 2.05) is 19.1 Å². The predicted molar refractivity (Wildman–Crippen MR) is 208 cm³/mol. The Bertz CT molecular complexity index is 984. The van der Waals surface area contributed by atoms with Crippen LogP contribution in [0, 0.1) is 0 Å². The smallest absolute Gasteiger partial charge is 0.462 e. The minimum atomic E-state index is -4.77. The van der Waals surface area contributed by atoms with Crippen molar-refractivity contribution >= 4 is 19.8 Å². The lowest BCUT2D eigenvalue weighted by molar-refractivity contribution is -0.161. The number of aliphatic hydroxyl groups excluding tert-OH is 1. The molecule has 0 heterocycles. The summed E-state index contributed by atoms with van der Waals surface area (Å²) in [5.74, 6) is -0.965. The molecule has 0 aromatic carbocycles. The van der Waals surface area contributed by atoms with Gasteiger partial charge in [0.2, 0.25) is 0 Å². The van der Waals surface area contributed by atoms with Crippen molar-refractivity contribution in [3.05, 3.63) is 48.6 Å². The zero-order chi connectivity index (χ0) is 37.7. The molecule has 0 aromatic rings. The molecule has 0 aliphatic rings. The maximum absolute atomic E-state index is 12.4. The zero-order valence-electron chi connectivity index (χ0n) is 32.1. The molecule has 3 N–H and O–H groups in total. The molecule has 2 atom stereocenters. The van der Waals surface area contributed by atoms with Crippen molar-refractivity contribution in [2.45, 2.75) is 187 Å². The molecular formula is C41H73O9P. The Morgan fingerprint density at radius 1 is 0.588 bits per heavy atom. The molecule has 0 bridgehead atoms. The van der Waals surface area contributed by atoms with Crippen LogP contribution in [0.2, 0.25) is 0 Å². The number of phosphoric ester groups is 1. The summed E-state index contributed by atoms with van der Waals surface area (Å²) >= 11 is 0. The number of rotatable bonds is 36. The lowest BCUT2D eigenvalue weighted by Crippen LogP contribution is -2.29. The lowest BCUT2D eigenvalue weighted by atomic mass is 10.0. The Labute approximate surface area is 310 Å². The predicted octanol–water partition coefficient (Wildman–Crippen LogP) is 10.9. The van der Waals surface area contributed by atoms with E-state index >= 15 is 0 Å². The van der Waals surface area contributed by atoms with Gasteiger partial charge in [-0.2, -0.15) is 0 Å². The first-order valence-electron chi connectivity index (χ1n) is 20.0. The van der Waals surface area contributed by atoms with E-state index in [1.54, 1.807) is 0 Å². The van der Waals surface area contributed by atoms with E-state index in [9.17, 15) is 19.3 Å². The van der Waals surface area contributed by atoms with Crippen molar-refractivity contribution in [2.75, 3.05) is 13.2 Å². The minimum absolute atomic E-state index is 0.124. The normalized spacial score (nSPS) is 13.6. The van der Waals surface area contributed by atoms with Gasteiger partial charge in [-0.05, 0) is 64.7 Å². The van der Waals surface area contributed by atoms with E-state index in [4.69, 9.17) is 19.3 Å². The van der Waals surface area contributed by atoms with Crippen molar-refractivity contribution < 1.29 is 43.0 Å². The number of carbonyl (C=O) groups is 2. The summed E-state index contributed by atoms with van der Waals surface area (Å²) in [5, 5.41) is 9.24. The highest BCUT2D eigenvalue weighted by atomic mass is 31.2. The van der Waals surface area contributed by atoms with Crippen LogP contribution in [-0.4, -0.2) is 52.3 Å². The Morgan fingerprint density at radius 3 is 1.49 bits per heavy atom. The van der Waals surface area contributed by atoms with Gasteiger partial charge in [0.25, 0.3) is 0 Å². The molecule has 0 aliphatic heterocycles. The number of ether oxygens (including phenoxy) is 2. The summed E-state index contributed by atoms with van der Waals surface area (Å²) in [7, 11) is -4.77. The number of esters is 2. The summed E-state index contributed by atoms with van der Waals surface area (Å²) in [6.45, 7) is 3.19. The minimum Gasteiger partial charge on any atom is -0.462 e. The third-order valence-corrected chi connectivity index (χ3v) is 8.85. The highest BCUT2D eigenvalue weighted by Gasteiger charge is 2.22. The first-order chi connectivity index (χ1) is 24.6. The average molecular weight is 741 g/mol. The summed E-state index contributed by atoms with van der Waals surface area (Å²) < 4.78 is 26.3. The topological polar surface area (TPSA) is 140 Å². The number of aliphatic hydroxyl groups is 1. The molecular weight excluding hydrogens is 667 g/mol. The number of hydrogen-bond donors (Lipinski definition) is 3. The van der Waals surface area contributed by atoms with Crippen LogP contribution in [-0.2, 0) is 28.2 Å². The van der Waals surface area contributed by atoms with Gasteiger partial charge < -0.3 is 24.4 Å². The van der Waals surface area contributed by atoms with Crippen molar-refractivity contribution in [1.82, 2.24) is 0 Å². The quantitative estimate of drug-likeness (QED) is 0.0248. The van der Waals surface area contributed by atoms with Gasteiger partial charge in [0.15, 0.2) is 6.10 Å². The molecule has 0 aliphatic carbocycles. The molecule has 0 aromatic heterocycles. The summed E-state index contributed by atoms with van der Waals surface area (Å²) in [4.78, 5) is 42.7. The Kier molecular flexibility index (Phi) is 34.9. The Hall–Kier alpha value is -2.03. The number of hydrogen-bond acceptors (Lipinski definition) is 7. The van der Waals surface area contributed by atoms with Gasteiger partial charge in [0.05, 0.1) is 12.7 Å². The van der Waals surface area contributed by atoms with Crippen LogP contribution in [0.5, 0.6) is 0 Å². The van der Waals surface area contributed by atoms with Crippen LogP contribution in [0.25, 0.3) is 0 Å². The van der Waals surface area contributed by atoms with Gasteiger partial charge in [-0.25, -0.2) is 4.57 Å². The fourth-order valence-corrected chi connectivity index (χ4v) is 5.74. The van der Waals surface area contributed by atoms with Crippen molar-refractivity contribution in [3.63, 3.8) is 0 Å². The fourth-order valence-electron chi connectivity index (χ4n) is 5.38. The lowest BCUT2D eigenvalue weighted by Gasteiger charge is -2.18. The third-order valence-electron chi connectivity index (χ3n) is 8.37. The number of unbranched alkanes of at least 4 members (excludes halogenated alkanes) is 16. The molecule has 10 heteroatoms. The van der Waals surface area contributed by atoms with Crippen LogP contribution in [0.15, 0.2) is 48.6 Å². The first kappa shape index (κ1) is 49.0. The maximum Gasteiger partial charge on any atom is 0.469 e. The van der Waals surface area contributed by atoms with Crippen molar-refractivity contribution in [1.29, 1.82) is 0 Å². The van der Waals surface area contributed by atoms with Crippen molar-refractivity contribution in [2.24, 2.45) is 0 Å². The monoisotopic (exact) mass is 740 g/mol. The number of phosphoric acid groups is 1. The SMILES string of the molecule is CCCCCCCCCCCCCCCCCC(=O)OC[C@H](COP(=O)(O)O)OC(=O)CCC/C=C\C/C=C\C/C=C\C/C=C\CCC[C@H](C)O. The maximum atomic E-state index is 12.4. The molecule has 51 heavy (non-hydrogen) atoms. The van der Waals surface area contributed by atoms with Gasteiger partial charge in [-0.15, -0.1) is 0 Å². The second kappa shape index (κ2) is 36.3. The molecule has 0 saturated heterocycles. The first-order valence-corrected chi connectivity index (χ1v) is 21.5. The van der Waals surface area contributed by atoms with Gasteiger partial charge >= 0.3 is 19.8 Å². The van der Waals surface area contributed by atoms with Gasteiger partial charge in [0, 0.05) is 12.8 Å². The number of carbonyl (C=O) groups excluding carboxylic acids is 2. The van der Waals surface area contributed by atoms with E-state index < -0.39 is 32.5 Å². The van der Waals surface area contributed by atoms with Crippen LogP contribution in [0.4, 0.5) is 0 Å². The molecule has 296 valence electrons. The van der Waals surface area contributed by atoms with E-state index in [-0.39, 0.29) is 25.6 Å². The van der Waals surface area contributed by atoms with Crippen LogP contribution < -0.4 is 0 Å². The third kappa shape index (κ3) is 40.6. The van der Waals surface area contributed by atoms with Crippen LogP contribution in [0.3, 0.4) is 0 Å². The zero-order valence-corrected chi connectivity index (χ0v) is 33.0. The molecule has 9 nitrogen and oxygen atoms in total. The summed E-state index contributed by atoms with van der Waals surface area (Å²) in [5.41, 5.74) is 0. The second-order valence-electron chi connectivity index (χ2n) is 13.5. The average Bonchev–Trinajstić information content (AvgIpc) is 3.08. The fraction of sp³-hybridized carbons (Fsp3) is 0.756. The summed E-state index contributed by atoms with van der Waals surface area (Å²) in [6.07, 6.45) is 41.1.